The minimum Gasteiger partial charge on any atom is -0.509 e. The molecule has 0 saturated heterocycles. The Bertz CT molecular complexity index is 434. The maximum Gasteiger partial charge on any atom is 0.193 e. The lowest BCUT2D eigenvalue weighted by Gasteiger charge is -2.45. The van der Waals surface area contributed by atoms with Crippen LogP contribution in [-0.4, -0.2) is 19.0 Å². The molecule has 5 nitrogen and oxygen atoms in total. The summed E-state index contributed by atoms with van der Waals surface area (Å²) in [6.07, 6.45) is 2.24. The predicted octanol–water partition coefficient (Wildman–Crippen LogP) is 5.03. The number of allylic oxidation sites excluding steroid dienone is 1. The van der Waals surface area contributed by atoms with Crippen LogP contribution in [0.3, 0.4) is 0 Å². The quantitative estimate of drug-likeness (QED) is 0.341. The van der Waals surface area contributed by atoms with Crippen molar-refractivity contribution in [3.63, 3.8) is 0 Å². The van der Waals surface area contributed by atoms with Crippen LogP contribution in [0.25, 0.3) is 10.4 Å². The third-order valence-corrected chi connectivity index (χ3v) is 8.87. The van der Waals surface area contributed by atoms with Crippen LogP contribution in [0.5, 0.6) is 0 Å². The van der Waals surface area contributed by atoms with E-state index in [9.17, 15) is 5.11 Å². The van der Waals surface area contributed by atoms with Crippen LogP contribution in [0, 0.1) is 0 Å². The SMILES string of the molecule is CC1(O[Si](C)(C)C(C)(C)C)CCCC(N=[N+]=[N-])=C1O. The molecule has 0 spiro atoms. The highest BCUT2D eigenvalue weighted by Gasteiger charge is 2.46. The van der Waals surface area contributed by atoms with E-state index in [1.807, 2.05) is 6.92 Å². The van der Waals surface area contributed by atoms with Gasteiger partial charge in [-0.15, -0.1) is 0 Å². The van der Waals surface area contributed by atoms with E-state index in [0.717, 1.165) is 12.8 Å². The Hall–Kier alpha value is -0.973. The second kappa shape index (κ2) is 5.19. The van der Waals surface area contributed by atoms with Gasteiger partial charge in [0.2, 0.25) is 0 Å². The molecule has 0 saturated carbocycles. The lowest BCUT2D eigenvalue weighted by Crippen LogP contribution is -2.50. The Labute approximate surface area is 116 Å². The van der Waals surface area contributed by atoms with Crippen molar-refractivity contribution in [2.45, 2.75) is 70.7 Å². The second-order valence-corrected chi connectivity index (χ2v) is 11.7. The van der Waals surface area contributed by atoms with Crippen LogP contribution in [0.15, 0.2) is 16.6 Å². The van der Waals surface area contributed by atoms with Crippen molar-refractivity contribution in [3.05, 3.63) is 21.9 Å². The fourth-order valence-electron chi connectivity index (χ4n) is 2.10. The summed E-state index contributed by atoms with van der Waals surface area (Å²) in [4.78, 5) is 2.78. The number of hydrogen-bond acceptors (Lipinski definition) is 3. The van der Waals surface area contributed by atoms with Crippen LogP contribution in [0.2, 0.25) is 18.1 Å². The molecule has 19 heavy (non-hydrogen) atoms. The lowest BCUT2D eigenvalue weighted by atomic mass is 9.89. The van der Waals surface area contributed by atoms with Gasteiger partial charge in [-0.25, -0.2) is 0 Å². The molecule has 1 unspecified atom stereocenters. The molecule has 6 heteroatoms. The summed E-state index contributed by atoms with van der Waals surface area (Å²) >= 11 is 0. The van der Waals surface area contributed by atoms with Gasteiger partial charge in [0.25, 0.3) is 0 Å². The third-order valence-electron chi connectivity index (χ3n) is 4.29. The molecule has 0 bridgehead atoms. The number of rotatable bonds is 3. The molecule has 0 aliphatic heterocycles. The monoisotopic (exact) mass is 283 g/mol. The minimum absolute atomic E-state index is 0.0758. The molecular weight excluding hydrogens is 258 g/mol. The van der Waals surface area contributed by atoms with E-state index in [4.69, 9.17) is 9.96 Å². The van der Waals surface area contributed by atoms with Crippen molar-refractivity contribution in [1.29, 1.82) is 0 Å². The van der Waals surface area contributed by atoms with Gasteiger partial charge in [0.1, 0.15) is 11.4 Å². The number of hydrogen-bond donors (Lipinski definition) is 1. The van der Waals surface area contributed by atoms with Gasteiger partial charge < -0.3 is 9.53 Å². The van der Waals surface area contributed by atoms with Crippen LogP contribution in [0.1, 0.15) is 47.0 Å². The normalized spacial score (nSPS) is 25.2. The summed E-state index contributed by atoms with van der Waals surface area (Å²) in [5, 5.41) is 14.0. The Morgan fingerprint density at radius 1 is 1.42 bits per heavy atom. The van der Waals surface area contributed by atoms with Crippen molar-refractivity contribution >= 4 is 8.32 Å². The van der Waals surface area contributed by atoms with E-state index in [1.165, 1.54) is 0 Å². The van der Waals surface area contributed by atoms with E-state index in [0.29, 0.717) is 12.1 Å². The van der Waals surface area contributed by atoms with Crippen LogP contribution in [-0.2, 0) is 4.43 Å². The zero-order valence-electron chi connectivity index (χ0n) is 12.8. The molecule has 0 heterocycles. The molecule has 0 amide bonds. The second-order valence-electron chi connectivity index (χ2n) is 6.93. The largest absolute Gasteiger partial charge is 0.509 e. The molecule has 0 radical (unpaired) electrons. The standard InChI is InChI=1S/C13H25N3O2Si/c1-12(2,3)19(5,6)18-13(4)9-7-8-10(11(13)17)15-16-14/h17H,7-9H2,1-6H3. The lowest BCUT2D eigenvalue weighted by molar-refractivity contribution is 0.0442. The Balaban J connectivity index is 3.11. The average Bonchev–Trinajstić information content (AvgIpc) is 2.23. The first-order valence-electron chi connectivity index (χ1n) is 6.71. The van der Waals surface area contributed by atoms with Crippen molar-refractivity contribution in [2.75, 3.05) is 0 Å². The molecule has 1 atom stereocenters. The molecule has 108 valence electrons. The van der Waals surface area contributed by atoms with Gasteiger partial charge in [0, 0.05) is 4.91 Å². The number of azide groups is 1. The zero-order valence-corrected chi connectivity index (χ0v) is 13.8. The van der Waals surface area contributed by atoms with Gasteiger partial charge in [-0.2, -0.15) is 0 Å². The van der Waals surface area contributed by atoms with Gasteiger partial charge in [-0.3, -0.25) is 0 Å². The summed E-state index contributed by atoms with van der Waals surface area (Å²) in [6, 6.07) is 0. The summed E-state index contributed by atoms with van der Waals surface area (Å²) in [5.41, 5.74) is 8.26. The fraction of sp³-hybridized carbons (Fsp3) is 0.846. The summed E-state index contributed by atoms with van der Waals surface area (Å²) < 4.78 is 6.37. The van der Waals surface area contributed by atoms with Crippen molar-refractivity contribution in [3.8, 4) is 0 Å². The first kappa shape index (κ1) is 16.1. The molecule has 0 aromatic heterocycles. The third kappa shape index (κ3) is 3.32. The molecule has 1 aliphatic carbocycles. The molecule has 0 aromatic rings. The molecule has 1 aliphatic rings. The zero-order chi connectivity index (χ0) is 14.9. The van der Waals surface area contributed by atoms with Gasteiger partial charge in [0.15, 0.2) is 8.32 Å². The van der Waals surface area contributed by atoms with Crippen molar-refractivity contribution in [1.82, 2.24) is 0 Å². The van der Waals surface area contributed by atoms with E-state index in [-0.39, 0.29) is 10.8 Å². The van der Waals surface area contributed by atoms with Gasteiger partial charge in [0.05, 0.1) is 5.70 Å². The highest BCUT2D eigenvalue weighted by molar-refractivity contribution is 6.74. The first-order chi connectivity index (χ1) is 8.53. The minimum atomic E-state index is -1.99. The molecule has 0 fully saturated rings. The summed E-state index contributed by atoms with van der Waals surface area (Å²) in [7, 11) is -1.99. The van der Waals surface area contributed by atoms with Gasteiger partial charge in [-0.1, -0.05) is 25.9 Å². The van der Waals surface area contributed by atoms with Gasteiger partial charge >= 0.3 is 0 Å². The van der Waals surface area contributed by atoms with Crippen molar-refractivity contribution < 1.29 is 9.53 Å². The van der Waals surface area contributed by atoms with Crippen LogP contribution < -0.4 is 0 Å². The topological polar surface area (TPSA) is 78.2 Å². The number of nitrogens with zero attached hydrogens (tertiary/aromatic N) is 3. The van der Waals surface area contributed by atoms with Crippen molar-refractivity contribution in [2.24, 2.45) is 5.11 Å². The Morgan fingerprint density at radius 3 is 2.47 bits per heavy atom. The Kier molecular flexibility index (Phi) is 4.39. The highest BCUT2D eigenvalue weighted by atomic mass is 28.4. The predicted molar refractivity (Wildman–Crippen MR) is 79.3 cm³/mol. The van der Waals surface area contributed by atoms with E-state index in [2.05, 4.69) is 43.9 Å². The number of aliphatic hydroxyl groups excluding tert-OH is 1. The molecule has 1 N–H and O–H groups in total. The molecule has 1 rings (SSSR count). The Morgan fingerprint density at radius 2 is 2.00 bits per heavy atom. The molecule has 0 aromatic carbocycles. The summed E-state index contributed by atoms with van der Waals surface area (Å²) in [5.74, 6) is 0.112. The fourth-order valence-corrected chi connectivity index (χ4v) is 3.73. The van der Waals surface area contributed by atoms with E-state index in [1.54, 1.807) is 0 Å². The maximum atomic E-state index is 10.4. The van der Waals surface area contributed by atoms with E-state index < -0.39 is 13.9 Å². The van der Waals surface area contributed by atoms with Gasteiger partial charge in [-0.05, 0) is 49.8 Å². The molecular formula is C13H25N3O2Si. The summed E-state index contributed by atoms with van der Waals surface area (Å²) in [6.45, 7) is 12.7. The highest BCUT2D eigenvalue weighted by Crippen LogP contribution is 2.44. The average molecular weight is 283 g/mol. The first-order valence-corrected chi connectivity index (χ1v) is 9.62. The van der Waals surface area contributed by atoms with Crippen LogP contribution >= 0.6 is 0 Å². The van der Waals surface area contributed by atoms with Crippen LogP contribution in [0.4, 0.5) is 0 Å². The van der Waals surface area contributed by atoms with E-state index >= 15 is 0 Å². The number of aliphatic hydroxyl groups is 1. The maximum absolute atomic E-state index is 10.4. The smallest absolute Gasteiger partial charge is 0.193 e.